The molecule has 0 amide bonds. The first-order chi connectivity index (χ1) is 7.49. The van der Waals surface area contributed by atoms with Crippen LogP contribution in [0.5, 0.6) is 0 Å². The third-order valence-electron chi connectivity index (χ3n) is 2.90. The van der Waals surface area contributed by atoms with Crippen molar-refractivity contribution in [1.82, 2.24) is 0 Å². The van der Waals surface area contributed by atoms with Crippen molar-refractivity contribution in [3.8, 4) is 0 Å². The summed E-state index contributed by atoms with van der Waals surface area (Å²) in [6, 6.07) is 8.57. The third kappa shape index (κ3) is 4.74. The van der Waals surface area contributed by atoms with E-state index < -0.39 is 11.6 Å². The molecule has 0 spiro atoms. The Balaban J connectivity index is 0.00000256. The molecule has 1 rings (SSSR count). The molecule has 6 heteroatoms. The maximum absolute atomic E-state index is 10.8. The first-order valence-corrected chi connectivity index (χ1v) is 5.16. The summed E-state index contributed by atoms with van der Waals surface area (Å²) < 4.78 is 0. The van der Waals surface area contributed by atoms with Crippen molar-refractivity contribution >= 4 is 51.4 Å². The van der Waals surface area contributed by atoms with Gasteiger partial charge in [0.05, 0.1) is 5.54 Å². The molecule has 0 saturated heterocycles. The van der Waals surface area contributed by atoms with Crippen molar-refractivity contribution in [2.75, 3.05) is 6.54 Å². The second-order valence-corrected chi connectivity index (χ2v) is 4.06. The van der Waals surface area contributed by atoms with Crippen LogP contribution in [0.25, 0.3) is 0 Å². The van der Waals surface area contributed by atoms with Gasteiger partial charge in [-0.2, -0.15) is 0 Å². The molecule has 0 aliphatic carbocycles. The van der Waals surface area contributed by atoms with E-state index in [0.29, 0.717) is 6.42 Å². The molecule has 4 N–H and O–H groups in total. The molecule has 0 radical (unpaired) electrons. The van der Waals surface area contributed by atoms with E-state index in [1.807, 2.05) is 30.3 Å². The van der Waals surface area contributed by atoms with Crippen LogP contribution in [0.15, 0.2) is 30.3 Å². The van der Waals surface area contributed by atoms with E-state index in [-0.39, 0.29) is 62.9 Å². The van der Waals surface area contributed by atoms with Crippen LogP contribution in [-0.4, -0.2) is 74.4 Å². The van der Waals surface area contributed by atoms with Crippen molar-refractivity contribution in [3.63, 3.8) is 0 Å². The van der Waals surface area contributed by atoms with Crippen LogP contribution >= 0.6 is 0 Å². The van der Waals surface area contributed by atoms with Gasteiger partial charge in [-0.25, -0.2) is 0 Å². The van der Waals surface area contributed by atoms with Gasteiger partial charge in [0.2, 0.25) is 6.04 Å². The van der Waals surface area contributed by atoms with E-state index in [1.165, 1.54) is 6.92 Å². The molecule has 1 aromatic rings. The fraction of sp³-hybridized carbons (Fsp3) is 0.455. The monoisotopic (exact) mass is 263 g/mol. The second kappa shape index (κ2) is 7.58. The molecule has 0 aromatic heterocycles. The van der Waals surface area contributed by atoms with Crippen LogP contribution in [0.3, 0.4) is 0 Å². The zero-order chi connectivity index (χ0) is 12.2. The van der Waals surface area contributed by atoms with Gasteiger partial charge >= 0.3 is 51.4 Å². The Labute approximate surface area is 144 Å². The fourth-order valence-electron chi connectivity index (χ4n) is 1.58. The molecule has 0 fully saturated rings. The molecule has 5 nitrogen and oxygen atoms in total. The summed E-state index contributed by atoms with van der Waals surface area (Å²) in [4.78, 5) is 10.4. The van der Waals surface area contributed by atoms with Gasteiger partial charge in [0.25, 0.3) is 0 Å². The normalized spacial score (nSPS) is 15.5. The number of hydrogen-bond donors (Lipinski definition) is 2. The molecular weight excluding hydrogens is 245 g/mol. The van der Waals surface area contributed by atoms with Crippen LogP contribution in [0.2, 0.25) is 0 Å². The predicted molar refractivity (Wildman–Crippen MR) is 69.7 cm³/mol. The molecule has 2 unspecified atom stereocenters. The van der Waals surface area contributed by atoms with Crippen molar-refractivity contribution in [3.05, 3.63) is 46.0 Å². The van der Waals surface area contributed by atoms with E-state index in [9.17, 15) is 10.1 Å². The van der Waals surface area contributed by atoms with E-state index in [4.69, 9.17) is 11.5 Å². The molecule has 17 heavy (non-hydrogen) atoms. The molecule has 0 heterocycles. The summed E-state index contributed by atoms with van der Waals surface area (Å²) >= 11 is 0. The van der Waals surface area contributed by atoms with E-state index in [2.05, 4.69) is 0 Å². The molecule has 0 aliphatic rings. The number of rotatable bonds is 5. The van der Waals surface area contributed by atoms with Gasteiger partial charge in [-0.1, -0.05) is 30.3 Å². The van der Waals surface area contributed by atoms with Gasteiger partial charge in [-0.3, -0.25) is 10.1 Å². The first kappa shape index (κ1) is 17.2. The van der Waals surface area contributed by atoms with Crippen molar-refractivity contribution in [2.24, 2.45) is 11.5 Å². The quantitative estimate of drug-likeness (QED) is 0.440. The Morgan fingerprint density at radius 2 is 1.94 bits per heavy atom. The fourth-order valence-corrected chi connectivity index (χ4v) is 1.58. The number of nitrogens with two attached hydrogens (primary N) is 2. The Morgan fingerprint density at radius 3 is 2.35 bits per heavy atom. The number of nitrogens with zero attached hydrogens (tertiary/aromatic N) is 1. The van der Waals surface area contributed by atoms with Crippen LogP contribution in [0, 0.1) is 10.1 Å². The number of nitro groups is 1. The number of benzene rings is 1. The van der Waals surface area contributed by atoms with Crippen molar-refractivity contribution in [1.29, 1.82) is 0 Å². The molecular formula is C11H18KN3O2. The zero-order valence-corrected chi connectivity index (χ0v) is 9.30. The molecule has 0 saturated carbocycles. The van der Waals surface area contributed by atoms with E-state index >= 15 is 0 Å². The van der Waals surface area contributed by atoms with Gasteiger partial charge in [-0.05, 0) is 12.0 Å². The van der Waals surface area contributed by atoms with E-state index in [0.717, 1.165) is 5.56 Å². The molecule has 0 bridgehead atoms. The van der Waals surface area contributed by atoms with Crippen LogP contribution in [0.4, 0.5) is 0 Å². The minimum atomic E-state index is -0.995. The second-order valence-electron chi connectivity index (χ2n) is 4.06. The maximum atomic E-state index is 10.8. The van der Waals surface area contributed by atoms with E-state index in [1.54, 1.807) is 0 Å². The molecule has 0 aliphatic heterocycles. The summed E-state index contributed by atoms with van der Waals surface area (Å²) in [5.41, 5.74) is 11.5. The molecule has 2 atom stereocenters. The van der Waals surface area contributed by atoms with Gasteiger partial charge < -0.3 is 11.5 Å². The topological polar surface area (TPSA) is 95.2 Å². The van der Waals surface area contributed by atoms with Gasteiger partial charge in [0, 0.05) is 18.4 Å². The molecule has 90 valence electrons. The number of hydrogen-bond acceptors (Lipinski definition) is 4. The Bertz CT molecular complexity index is 361. The molecule has 1 aromatic carbocycles. The van der Waals surface area contributed by atoms with Gasteiger partial charge in [0.1, 0.15) is 0 Å². The Kier molecular flexibility index (Phi) is 7.65. The standard InChI is InChI=1S/C11H17N3O2.K.H/c1-9(14(15)16)11(13,8-12)7-10-5-3-2-4-6-10;;/h2-6,9H,7-8,12-13H2,1H3;;. The van der Waals surface area contributed by atoms with Crippen LogP contribution in [0.1, 0.15) is 12.5 Å². The Morgan fingerprint density at radius 1 is 1.41 bits per heavy atom. The summed E-state index contributed by atoms with van der Waals surface area (Å²) in [6.07, 6.45) is 0.409. The average Bonchev–Trinajstić information content (AvgIpc) is 2.29. The minimum absolute atomic E-state index is 0. The third-order valence-corrected chi connectivity index (χ3v) is 2.90. The SMILES string of the molecule is CC([N+](=O)[O-])C(N)(CN)Cc1ccccc1.[KH]. The van der Waals surface area contributed by atoms with Crippen molar-refractivity contribution < 1.29 is 4.92 Å². The average molecular weight is 263 g/mol. The van der Waals surface area contributed by atoms with Crippen LogP contribution in [-0.2, 0) is 6.42 Å². The van der Waals surface area contributed by atoms with Crippen LogP contribution < -0.4 is 11.5 Å². The summed E-state index contributed by atoms with van der Waals surface area (Å²) in [6.45, 7) is 1.58. The Hall–Kier alpha value is 0.176. The van der Waals surface area contributed by atoms with Crippen molar-refractivity contribution in [2.45, 2.75) is 24.9 Å². The van der Waals surface area contributed by atoms with Gasteiger partial charge in [-0.15, -0.1) is 0 Å². The summed E-state index contributed by atoms with van der Waals surface area (Å²) in [5, 5.41) is 10.8. The summed E-state index contributed by atoms with van der Waals surface area (Å²) in [5.74, 6) is 0. The summed E-state index contributed by atoms with van der Waals surface area (Å²) in [7, 11) is 0. The first-order valence-electron chi connectivity index (χ1n) is 5.16. The zero-order valence-electron chi connectivity index (χ0n) is 9.30. The van der Waals surface area contributed by atoms with Gasteiger partial charge in [0.15, 0.2) is 0 Å². The predicted octanol–water partition coefficient (Wildman–Crippen LogP) is -0.0980.